The van der Waals surface area contributed by atoms with E-state index in [0.29, 0.717) is 19.1 Å². The molecule has 0 spiro atoms. The van der Waals surface area contributed by atoms with Gasteiger partial charge in [0, 0.05) is 45.2 Å². The summed E-state index contributed by atoms with van der Waals surface area (Å²) in [5.74, 6) is 0.638. The van der Waals surface area contributed by atoms with E-state index < -0.39 is 5.60 Å². The van der Waals surface area contributed by atoms with Gasteiger partial charge in [0.15, 0.2) is 0 Å². The summed E-state index contributed by atoms with van der Waals surface area (Å²) in [5, 5.41) is 14.0. The molecule has 18 heavy (non-hydrogen) atoms. The van der Waals surface area contributed by atoms with Gasteiger partial charge in [-0.25, -0.2) is 0 Å². The van der Waals surface area contributed by atoms with Crippen molar-refractivity contribution in [2.45, 2.75) is 44.2 Å². The number of likely N-dealkylation sites (N-methyl/N-ethyl adjacent to an activating group) is 1. The topological polar surface area (TPSA) is 44.7 Å². The van der Waals surface area contributed by atoms with Crippen LogP contribution in [0.25, 0.3) is 0 Å². The molecule has 1 saturated carbocycles. The smallest absolute Gasteiger partial charge is 0.0817 e. The molecule has 2 fully saturated rings. The summed E-state index contributed by atoms with van der Waals surface area (Å²) in [5.41, 5.74) is -0.531. The molecule has 4 heteroatoms. The van der Waals surface area contributed by atoms with Crippen molar-refractivity contribution in [1.82, 2.24) is 10.2 Å². The van der Waals surface area contributed by atoms with Crippen LogP contribution in [-0.4, -0.2) is 61.5 Å². The minimum atomic E-state index is -0.531. The van der Waals surface area contributed by atoms with Crippen molar-refractivity contribution in [3.05, 3.63) is 0 Å². The molecule has 0 radical (unpaired) electrons. The van der Waals surface area contributed by atoms with Crippen molar-refractivity contribution in [2.75, 3.05) is 39.9 Å². The molecule has 1 heterocycles. The predicted octanol–water partition coefficient (Wildman–Crippen LogP) is 0.848. The number of nitrogens with zero attached hydrogens (tertiary/aromatic N) is 1. The Morgan fingerprint density at radius 2 is 2.06 bits per heavy atom. The van der Waals surface area contributed by atoms with Crippen molar-refractivity contribution >= 4 is 0 Å². The summed E-state index contributed by atoms with van der Waals surface area (Å²) in [4.78, 5) is 2.27. The van der Waals surface area contributed by atoms with Gasteiger partial charge in [0.2, 0.25) is 0 Å². The SMILES string of the molecule is CC(CNC1CC1)CN(C)CC1(O)CCOCC1. The highest BCUT2D eigenvalue weighted by molar-refractivity contribution is 4.85. The van der Waals surface area contributed by atoms with E-state index in [0.717, 1.165) is 38.5 Å². The van der Waals surface area contributed by atoms with Crippen molar-refractivity contribution in [3.63, 3.8) is 0 Å². The Morgan fingerprint density at radius 1 is 1.39 bits per heavy atom. The molecule has 4 nitrogen and oxygen atoms in total. The fourth-order valence-electron chi connectivity index (χ4n) is 2.73. The van der Waals surface area contributed by atoms with E-state index in [4.69, 9.17) is 4.74 Å². The molecule has 106 valence electrons. The van der Waals surface area contributed by atoms with E-state index in [2.05, 4.69) is 24.2 Å². The first-order valence-corrected chi connectivity index (χ1v) is 7.29. The normalized spacial score (nSPS) is 25.3. The lowest BCUT2D eigenvalue weighted by molar-refractivity contribution is -0.0778. The van der Waals surface area contributed by atoms with E-state index >= 15 is 0 Å². The first kappa shape index (κ1) is 14.3. The molecule has 2 rings (SSSR count). The van der Waals surface area contributed by atoms with E-state index in [1.165, 1.54) is 12.8 Å². The summed E-state index contributed by atoms with van der Waals surface area (Å²) >= 11 is 0. The molecular weight excluding hydrogens is 228 g/mol. The van der Waals surface area contributed by atoms with Crippen molar-refractivity contribution in [3.8, 4) is 0 Å². The summed E-state index contributed by atoms with van der Waals surface area (Å²) in [6, 6.07) is 0.789. The van der Waals surface area contributed by atoms with Crippen molar-refractivity contribution in [2.24, 2.45) is 5.92 Å². The lowest BCUT2D eigenvalue weighted by atomic mass is 9.93. The zero-order valence-corrected chi connectivity index (χ0v) is 11.8. The Morgan fingerprint density at radius 3 is 2.67 bits per heavy atom. The van der Waals surface area contributed by atoms with Gasteiger partial charge in [-0.05, 0) is 32.4 Å². The van der Waals surface area contributed by atoms with Crippen LogP contribution in [0.1, 0.15) is 32.6 Å². The quantitative estimate of drug-likeness (QED) is 0.709. The number of aliphatic hydroxyl groups is 1. The maximum Gasteiger partial charge on any atom is 0.0817 e. The highest BCUT2D eigenvalue weighted by Crippen LogP contribution is 2.22. The number of hydrogen-bond donors (Lipinski definition) is 2. The standard InChI is InChI=1S/C14H28N2O2/c1-12(9-15-13-3-4-13)10-16(2)11-14(17)5-7-18-8-6-14/h12-13,15,17H,3-11H2,1-2H3. The Labute approximate surface area is 111 Å². The van der Waals surface area contributed by atoms with Crippen LogP contribution in [0.4, 0.5) is 0 Å². The zero-order chi connectivity index (χ0) is 13.0. The van der Waals surface area contributed by atoms with Gasteiger partial charge >= 0.3 is 0 Å². The number of rotatable bonds is 7. The minimum absolute atomic E-state index is 0.531. The van der Waals surface area contributed by atoms with Gasteiger partial charge in [0.1, 0.15) is 0 Å². The molecular formula is C14H28N2O2. The fourth-order valence-corrected chi connectivity index (χ4v) is 2.73. The second kappa shape index (κ2) is 6.33. The first-order chi connectivity index (χ1) is 8.57. The Kier molecular flexibility index (Phi) is 5.01. The second-order valence-electron chi connectivity index (χ2n) is 6.32. The molecule has 0 bridgehead atoms. The van der Waals surface area contributed by atoms with Gasteiger partial charge in [-0.3, -0.25) is 0 Å². The molecule has 1 aliphatic heterocycles. The van der Waals surface area contributed by atoms with Crippen LogP contribution < -0.4 is 5.32 Å². The van der Waals surface area contributed by atoms with Crippen LogP contribution in [0, 0.1) is 5.92 Å². The van der Waals surface area contributed by atoms with Gasteiger partial charge in [0.05, 0.1) is 5.60 Å². The van der Waals surface area contributed by atoms with Crippen LogP contribution >= 0.6 is 0 Å². The zero-order valence-electron chi connectivity index (χ0n) is 11.8. The number of nitrogens with one attached hydrogen (secondary N) is 1. The van der Waals surface area contributed by atoms with Crippen molar-refractivity contribution in [1.29, 1.82) is 0 Å². The Hall–Kier alpha value is -0.160. The highest BCUT2D eigenvalue weighted by atomic mass is 16.5. The highest BCUT2D eigenvalue weighted by Gasteiger charge is 2.31. The maximum atomic E-state index is 10.4. The van der Waals surface area contributed by atoms with Crippen molar-refractivity contribution < 1.29 is 9.84 Å². The molecule has 1 aliphatic carbocycles. The van der Waals surface area contributed by atoms with Crippen LogP contribution in [0.3, 0.4) is 0 Å². The average molecular weight is 256 g/mol. The largest absolute Gasteiger partial charge is 0.388 e. The molecule has 1 unspecified atom stereocenters. The second-order valence-corrected chi connectivity index (χ2v) is 6.32. The van der Waals surface area contributed by atoms with Crippen LogP contribution in [-0.2, 0) is 4.74 Å². The van der Waals surface area contributed by atoms with Crippen LogP contribution in [0.5, 0.6) is 0 Å². The third kappa shape index (κ3) is 4.84. The molecule has 1 saturated heterocycles. The van der Waals surface area contributed by atoms with E-state index in [1.54, 1.807) is 0 Å². The van der Waals surface area contributed by atoms with Gasteiger partial charge in [-0.1, -0.05) is 6.92 Å². The van der Waals surface area contributed by atoms with Crippen LogP contribution in [0.2, 0.25) is 0 Å². The number of ether oxygens (including phenoxy) is 1. The molecule has 0 amide bonds. The summed E-state index contributed by atoms with van der Waals surface area (Å²) in [6.07, 6.45) is 4.24. The lowest BCUT2D eigenvalue weighted by Gasteiger charge is -2.36. The van der Waals surface area contributed by atoms with E-state index in [9.17, 15) is 5.11 Å². The Balaban J connectivity index is 1.64. The summed E-state index contributed by atoms with van der Waals surface area (Å²) < 4.78 is 5.31. The summed E-state index contributed by atoms with van der Waals surface area (Å²) in [6.45, 7) is 6.58. The molecule has 2 aliphatic rings. The molecule has 1 atom stereocenters. The molecule has 0 aromatic heterocycles. The predicted molar refractivity (Wildman–Crippen MR) is 72.7 cm³/mol. The fraction of sp³-hybridized carbons (Fsp3) is 1.00. The van der Waals surface area contributed by atoms with Gasteiger partial charge < -0.3 is 20.1 Å². The van der Waals surface area contributed by atoms with Crippen LogP contribution in [0.15, 0.2) is 0 Å². The monoisotopic (exact) mass is 256 g/mol. The van der Waals surface area contributed by atoms with Gasteiger partial charge in [-0.2, -0.15) is 0 Å². The minimum Gasteiger partial charge on any atom is -0.388 e. The van der Waals surface area contributed by atoms with Gasteiger partial charge in [-0.15, -0.1) is 0 Å². The third-order valence-corrected chi connectivity index (χ3v) is 3.94. The Bertz CT molecular complexity index is 250. The third-order valence-electron chi connectivity index (χ3n) is 3.94. The maximum absolute atomic E-state index is 10.4. The molecule has 2 N–H and O–H groups in total. The van der Waals surface area contributed by atoms with Gasteiger partial charge in [0.25, 0.3) is 0 Å². The molecule has 0 aromatic carbocycles. The first-order valence-electron chi connectivity index (χ1n) is 7.29. The lowest BCUT2D eigenvalue weighted by Crippen LogP contribution is -2.47. The average Bonchev–Trinajstić information content (AvgIpc) is 3.10. The number of hydrogen-bond acceptors (Lipinski definition) is 4. The molecule has 0 aromatic rings. The van der Waals surface area contributed by atoms with E-state index in [-0.39, 0.29) is 0 Å². The van der Waals surface area contributed by atoms with E-state index in [1.807, 2.05) is 0 Å². The summed E-state index contributed by atoms with van der Waals surface area (Å²) in [7, 11) is 2.11.